The summed E-state index contributed by atoms with van der Waals surface area (Å²) in [5.41, 5.74) is 2.36. The van der Waals surface area contributed by atoms with E-state index in [9.17, 15) is 13.2 Å². The Morgan fingerprint density at radius 3 is 2.38 bits per heavy atom. The van der Waals surface area contributed by atoms with Crippen LogP contribution in [0.4, 0.5) is 0 Å². The average molecular weight is 372 g/mol. The molecule has 0 saturated carbocycles. The summed E-state index contributed by atoms with van der Waals surface area (Å²) < 4.78 is 27.8. The van der Waals surface area contributed by atoms with E-state index in [-0.39, 0.29) is 22.8 Å². The molecule has 1 amide bonds. The molecule has 0 radical (unpaired) electrons. The molecule has 2 N–H and O–H groups in total. The van der Waals surface area contributed by atoms with Crippen molar-refractivity contribution in [3.8, 4) is 0 Å². The van der Waals surface area contributed by atoms with Crippen LogP contribution in [0.25, 0.3) is 0 Å². The van der Waals surface area contributed by atoms with Gasteiger partial charge in [0.2, 0.25) is 15.9 Å². The van der Waals surface area contributed by atoms with E-state index >= 15 is 0 Å². The lowest BCUT2D eigenvalue weighted by atomic mass is 10.0. The molecular weight excluding hydrogens is 348 g/mol. The van der Waals surface area contributed by atoms with E-state index in [1.54, 1.807) is 18.2 Å². The fraction of sp³-hybridized carbons (Fsp3) is 0.350. The number of rotatable bonds is 6. The predicted octanol–water partition coefficient (Wildman–Crippen LogP) is 2.79. The molecule has 2 aromatic rings. The highest BCUT2D eigenvalue weighted by Crippen LogP contribution is 2.30. The number of sulfonamides is 1. The van der Waals surface area contributed by atoms with Gasteiger partial charge in [-0.05, 0) is 42.0 Å². The van der Waals surface area contributed by atoms with Crippen LogP contribution < -0.4 is 10.0 Å². The largest absolute Gasteiger partial charge is 0.348 e. The first kappa shape index (κ1) is 18.6. The monoisotopic (exact) mass is 372 g/mol. The molecule has 0 aliphatic heterocycles. The van der Waals surface area contributed by atoms with Gasteiger partial charge in [0.25, 0.3) is 0 Å². The van der Waals surface area contributed by atoms with E-state index in [0.717, 1.165) is 18.4 Å². The topological polar surface area (TPSA) is 75.3 Å². The summed E-state index contributed by atoms with van der Waals surface area (Å²) in [6.07, 6.45) is 1.75. The van der Waals surface area contributed by atoms with Crippen molar-refractivity contribution < 1.29 is 13.2 Å². The molecule has 1 aliphatic rings. The molecule has 26 heavy (non-hydrogen) atoms. The molecule has 0 bridgehead atoms. The summed E-state index contributed by atoms with van der Waals surface area (Å²) in [5.74, 6) is -0.466. The first-order chi connectivity index (χ1) is 12.4. The standard InChI is InChI=1S/C20H24N2O3S/c1-14(2)19(22-26(24,25)16-9-4-3-5-10-16)20(23)21-18-13-12-15-8-6-7-11-17(15)18/h3-11,14,18-19,22H,12-13H2,1-2H3,(H,21,23)/t18?,19-/m0/s1. The van der Waals surface area contributed by atoms with Crippen LogP contribution >= 0.6 is 0 Å². The number of benzene rings is 2. The molecule has 5 nitrogen and oxygen atoms in total. The third-order valence-electron chi connectivity index (χ3n) is 4.73. The van der Waals surface area contributed by atoms with Gasteiger partial charge in [-0.2, -0.15) is 4.72 Å². The highest BCUT2D eigenvalue weighted by molar-refractivity contribution is 7.89. The number of nitrogens with one attached hydrogen (secondary N) is 2. The van der Waals surface area contributed by atoms with E-state index in [1.807, 2.05) is 32.0 Å². The minimum atomic E-state index is -3.75. The number of fused-ring (bicyclic) bond motifs is 1. The molecule has 1 aliphatic carbocycles. The van der Waals surface area contributed by atoms with Gasteiger partial charge in [-0.3, -0.25) is 4.79 Å². The number of hydrogen-bond acceptors (Lipinski definition) is 3. The number of amides is 1. The Bertz CT molecular complexity index is 879. The summed E-state index contributed by atoms with van der Waals surface area (Å²) in [4.78, 5) is 13.0. The zero-order valence-electron chi connectivity index (χ0n) is 15.0. The first-order valence-corrected chi connectivity index (χ1v) is 10.3. The summed E-state index contributed by atoms with van der Waals surface area (Å²) in [6, 6.07) is 15.3. The molecular formula is C20H24N2O3S. The van der Waals surface area contributed by atoms with Crippen molar-refractivity contribution in [1.29, 1.82) is 0 Å². The van der Waals surface area contributed by atoms with Crippen molar-refractivity contribution >= 4 is 15.9 Å². The fourth-order valence-electron chi connectivity index (χ4n) is 3.30. The van der Waals surface area contributed by atoms with Crippen molar-refractivity contribution in [2.24, 2.45) is 5.92 Å². The molecule has 0 fully saturated rings. The Hall–Kier alpha value is -2.18. The second kappa shape index (κ2) is 7.60. The average Bonchev–Trinajstić information content (AvgIpc) is 3.03. The van der Waals surface area contributed by atoms with Crippen LogP contribution in [0.1, 0.15) is 37.4 Å². The molecule has 6 heteroatoms. The van der Waals surface area contributed by atoms with Crippen molar-refractivity contribution in [2.45, 2.75) is 43.7 Å². The third-order valence-corrected chi connectivity index (χ3v) is 6.19. The van der Waals surface area contributed by atoms with E-state index in [2.05, 4.69) is 16.1 Å². The van der Waals surface area contributed by atoms with E-state index in [1.165, 1.54) is 17.7 Å². The Balaban J connectivity index is 1.75. The second-order valence-electron chi connectivity index (χ2n) is 6.95. The lowest BCUT2D eigenvalue weighted by molar-refractivity contribution is -0.124. The molecule has 0 aromatic heterocycles. The van der Waals surface area contributed by atoms with Crippen LogP contribution in [0.3, 0.4) is 0 Å². The molecule has 2 aromatic carbocycles. The van der Waals surface area contributed by atoms with Gasteiger partial charge in [-0.15, -0.1) is 0 Å². The molecule has 3 rings (SSSR count). The number of carbonyl (C=O) groups is 1. The molecule has 0 saturated heterocycles. The fourth-order valence-corrected chi connectivity index (χ4v) is 4.66. The van der Waals surface area contributed by atoms with E-state index < -0.39 is 16.1 Å². The molecule has 0 spiro atoms. The normalized spacial score (nSPS) is 17.7. The van der Waals surface area contributed by atoms with Crippen LogP contribution in [0.5, 0.6) is 0 Å². The smallest absolute Gasteiger partial charge is 0.241 e. The Morgan fingerprint density at radius 1 is 1.04 bits per heavy atom. The maximum Gasteiger partial charge on any atom is 0.241 e. The molecule has 2 atom stereocenters. The third kappa shape index (κ3) is 3.97. The second-order valence-corrected chi connectivity index (χ2v) is 8.67. The maximum absolute atomic E-state index is 12.8. The zero-order chi connectivity index (χ0) is 18.7. The van der Waals surface area contributed by atoms with Gasteiger partial charge in [0, 0.05) is 0 Å². The predicted molar refractivity (Wildman–Crippen MR) is 101 cm³/mol. The van der Waals surface area contributed by atoms with Crippen LogP contribution in [-0.4, -0.2) is 20.4 Å². The van der Waals surface area contributed by atoms with Gasteiger partial charge in [0.1, 0.15) is 6.04 Å². The zero-order valence-corrected chi connectivity index (χ0v) is 15.8. The lowest BCUT2D eigenvalue weighted by Crippen LogP contribution is -2.50. The van der Waals surface area contributed by atoms with Crippen molar-refractivity contribution in [3.05, 3.63) is 65.7 Å². The summed E-state index contributed by atoms with van der Waals surface area (Å²) in [5, 5.41) is 3.02. The quantitative estimate of drug-likeness (QED) is 0.819. The van der Waals surface area contributed by atoms with Crippen molar-refractivity contribution in [3.63, 3.8) is 0 Å². The van der Waals surface area contributed by atoms with Gasteiger partial charge in [-0.1, -0.05) is 56.3 Å². The summed E-state index contributed by atoms with van der Waals surface area (Å²) in [6.45, 7) is 3.67. The van der Waals surface area contributed by atoms with E-state index in [4.69, 9.17) is 0 Å². The van der Waals surface area contributed by atoms with Crippen LogP contribution in [-0.2, 0) is 21.2 Å². The minimum absolute atomic E-state index is 0.0684. The Kier molecular flexibility index (Phi) is 5.44. The number of carbonyl (C=O) groups excluding carboxylic acids is 1. The van der Waals surface area contributed by atoms with Gasteiger partial charge < -0.3 is 5.32 Å². The van der Waals surface area contributed by atoms with Crippen molar-refractivity contribution in [1.82, 2.24) is 10.0 Å². The number of hydrogen-bond donors (Lipinski definition) is 2. The SMILES string of the molecule is CC(C)[C@H](NS(=O)(=O)c1ccccc1)C(=O)NC1CCc2ccccc21. The first-order valence-electron chi connectivity index (χ1n) is 8.84. The van der Waals surface area contributed by atoms with Crippen LogP contribution in [0, 0.1) is 5.92 Å². The molecule has 0 heterocycles. The summed E-state index contributed by atoms with van der Waals surface area (Å²) >= 11 is 0. The maximum atomic E-state index is 12.8. The number of aryl methyl sites for hydroxylation is 1. The summed E-state index contributed by atoms with van der Waals surface area (Å²) in [7, 11) is -3.75. The van der Waals surface area contributed by atoms with Gasteiger partial charge >= 0.3 is 0 Å². The van der Waals surface area contributed by atoms with E-state index in [0.29, 0.717) is 0 Å². The van der Waals surface area contributed by atoms with Crippen LogP contribution in [0.15, 0.2) is 59.5 Å². The molecule has 1 unspecified atom stereocenters. The Morgan fingerprint density at radius 2 is 1.69 bits per heavy atom. The highest BCUT2D eigenvalue weighted by Gasteiger charge is 2.31. The lowest BCUT2D eigenvalue weighted by Gasteiger charge is -2.24. The minimum Gasteiger partial charge on any atom is -0.348 e. The van der Waals surface area contributed by atoms with Gasteiger partial charge in [0.05, 0.1) is 10.9 Å². The van der Waals surface area contributed by atoms with Crippen LogP contribution in [0.2, 0.25) is 0 Å². The highest BCUT2D eigenvalue weighted by atomic mass is 32.2. The van der Waals surface area contributed by atoms with Crippen molar-refractivity contribution in [2.75, 3.05) is 0 Å². The van der Waals surface area contributed by atoms with Gasteiger partial charge in [-0.25, -0.2) is 8.42 Å². The Labute approximate surface area is 154 Å². The van der Waals surface area contributed by atoms with Gasteiger partial charge in [0.15, 0.2) is 0 Å². The molecule has 138 valence electrons.